The van der Waals surface area contributed by atoms with Crippen molar-refractivity contribution < 1.29 is 9.53 Å². The van der Waals surface area contributed by atoms with Crippen LogP contribution in [-0.2, 0) is 11.8 Å². The molecule has 0 unspecified atom stereocenters. The molecule has 5 rings (SSSR count). The van der Waals surface area contributed by atoms with Crippen LogP contribution < -0.4 is 15.8 Å². The number of rotatable bonds is 7. The van der Waals surface area contributed by atoms with Crippen LogP contribution in [0.2, 0.25) is 0 Å². The van der Waals surface area contributed by atoms with E-state index in [1.54, 1.807) is 31.6 Å². The molecule has 3 aromatic rings. The molecule has 1 atom stereocenters. The molecule has 2 fully saturated rings. The van der Waals surface area contributed by atoms with Gasteiger partial charge in [0.25, 0.3) is 5.56 Å². The summed E-state index contributed by atoms with van der Waals surface area (Å²) >= 11 is 0. The van der Waals surface area contributed by atoms with Crippen molar-refractivity contribution in [2.75, 3.05) is 43.1 Å². The Bertz CT molecular complexity index is 1250. The fraction of sp³-hybridized carbons (Fsp3) is 0.385. The maximum absolute atomic E-state index is 12.8. The summed E-state index contributed by atoms with van der Waals surface area (Å²) < 4.78 is 6.88. The monoisotopic (exact) mass is 474 g/mol. The van der Waals surface area contributed by atoms with Gasteiger partial charge < -0.3 is 19.5 Å². The smallest absolute Gasteiger partial charge is 0.274 e. The first kappa shape index (κ1) is 23.2. The van der Waals surface area contributed by atoms with Crippen LogP contribution in [0.4, 0.5) is 17.2 Å². The predicted octanol–water partition coefficient (Wildman–Crippen LogP) is 2.70. The van der Waals surface area contributed by atoms with Crippen molar-refractivity contribution in [3.63, 3.8) is 0 Å². The van der Waals surface area contributed by atoms with Crippen LogP contribution in [0, 0.1) is 0 Å². The first-order valence-corrected chi connectivity index (χ1v) is 12.0. The van der Waals surface area contributed by atoms with E-state index in [1.807, 2.05) is 12.3 Å². The molecule has 0 aliphatic carbocycles. The lowest BCUT2D eigenvalue weighted by molar-refractivity contribution is -0.0698. The minimum atomic E-state index is -0.177. The molecule has 2 saturated heterocycles. The van der Waals surface area contributed by atoms with Crippen molar-refractivity contribution in [3.05, 3.63) is 65.0 Å². The Morgan fingerprint density at radius 1 is 1.20 bits per heavy atom. The average molecular weight is 475 g/mol. The lowest BCUT2D eigenvalue weighted by Gasteiger charge is -2.47. The minimum absolute atomic E-state index is 0.177. The van der Waals surface area contributed by atoms with Crippen LogP contribution in [0.5, 0.6) is 0 Å². The van der Waals surface area contributed by atoms with Gasteiger partial charge in [-0.2, -0.15) is 0 Å². The van der Waals surface area contributed by atoms with Gasteiger partial charge in [0.15, 0.2) is 6.29 Å². The maximum atomic E-state index is 12.8. The van der Waals surface area contributed by atoms with Gasteiger partial charge >= 0.3 is 0 Å². The van der Waals surface area contributed by atoms with E-state index in [4.69, 9.17) is 4.74 Å². The molecule has 3 aromatic heterocycles. The first-order valence-electron chi connectivity index (χ1n) is 12.0. The van der Waals surface area contributed by atoms with E-state index in [2.05, 4.69) is 38.1 Å². The third-order valence-corrected chi connectivity index (χ3v) is 6.94. The van der Waals surface area contributed by atoms with Crippen LogP contribution in [0.15, 0.2) is 53.8 Å². The maximum Gasteiger partial charge on any atom is 0.274 e. The Labute approximate surface area is 204 Å². The Morgan fingerprint density at radius 2 is 2.06 bits per heavy atom. The molecule has 0 radical (unpaired) electrons. The molecule has 0 aromatic carbocycles. The summed E-state index contributed by atoms with van der Waals surface area (Å²) in [7, 11) is 1.69. The first-order chi connectivity index (χ1) is 17.1. The highest BCUT2D eigenvalue weighted by molar-refractivity contribution is 5.87. The molecule has 1 N–H and O–H groups in total. The fourth-order valence-electron chi connectivity index (χ4n) is 4.81. The van der Waals surface area contributed by atoms with Gasteiger partial charge in [0, 0.05) is 62.4 Å². The lowest BCUT2D eigenvalue weighted by atomic mass is 10.0. The molecule has 2 aliphatic heterocycles. The van der Waals surface area contributed by atoms with E-state index in [1.165, 1.54) is 10.8 Å². The quantitative estimate of drug-likeness (QED) is 0.523. The van der Waals surface area contributed by atoms with Gasteiger partial charge in [0.1, 0.15) is 11.5 Å². The van der Waals surface area contributed by atoms with Crippen molar-refractivity contribution in [2.45, 2.75) is 25.4 Å². The van der Waals surface area contributed by atoms with Crippen molar-refractivity contribution in [2.24, 2.45) is 7.05 Å². The van der Waals surface area contributed by atoms with Crippen molar-refractivity contribution in [3.8, 4) is 11.1 Å². The predicted molar refractivity (Wildman–Crippen MR) is 135 cm³/mol. The summed E-state index contributed by atoms with van der Waals surface area (Å²) in [6, 6.07) is 8.47. The number of nitrogens with one attached hydrogen (secondary N) is 1. The van der Waals surface area contributed by atoms with Gasteiger partial charge in [-0.15, -0.1) is 0 Å². The second-order valence-corrected chi connectivity index (χ2v) is 9.11. The number of pyridine rings is 3. The highest BCUT2D eigenvalue weighted by Crippen LogP contribution is 2.27. The number of nitrogens with zero attached hydrogens (tertiary/aromatic N) is 5. The van der Waals surface area contributed by atoms with Gasteiger partial charge in [-0.05, 0) is 36.2 Å². The molecule has 0 spiro atoms. The number of aromatic nitrogens is 3. The van der Waals surface area contributed by atoms with E-state index in [0.29, 0.717) is 29.2 Å². The molecule has 9 nitrogen and oxygen atoms in total. The molecule has 9 heteroatoms. The number of hydrogen-bond donors (Lipinski definition) is 1. The summed E-state index contributed by atoms with van der Waals surface area (Å²) in [5.41, 5.74) is 3.23. The third kappa shape index (κ3) is 4.69. The zero-order chi connectivity index (χ0) is 24.4. The zero-order valence-electron chi connectivity index (χ0n) is 20.1. The normalized spacial score (nSPS) is 18.8. The Morgan fingerprint density at radius 3 is 2.74 bits per heavy atom. The topological polar surface area (TPSA) is 92.6 Å². The number of anilines is 3. The van der Waals surface area contributed by atoms with Crippen molar-refractivity contribution in [1.82, 2.24) is 19.4 Å². The van der Waals surface area contributed by atoms with Crippen molar-refractivity contribution in [1.29, 1.82) is 0 Å². The average Bonchev–Trinajstić information content (AvgIpc) is 2.86. The van der Waals surface area contributed by atoms with Gasteiger partial charge in [0.2, 0.25) is 0 Å². The summed E-state index contributed by atoms with van der Waals surface area (Å²) in [6.07, 6.45) is 8.56. The zero-order valence-corrected chi connectivity index (χ0v) is 20.1. The number of carbonyl (C=O) groups excluding carboxylic acids is 1. The summed E-state index contributed by atoms with van der Waals surface area (Å²) in [4.78, 5) is 37.8. The largest absolute Gasteiger partial charge is 0.378 e. The minimum Gasteiger partial charge on any atom is -0.378 e. The molecule has 5 heterocycles. The van der Waals surface area contributed by atoms with E-state index < -0.39 is 0 Å². The molecular weight excluding hydrogens is 444 g/mol. The third-order valence-electron chi connectivity index (χ3n) is 6.94. The molecule has 2 aliphatic rings. The molecular formula is C26H30N6O3. The standard InChI is InChI=1S/C26H30N6O3/c1-3-20-14-31(22-16-35-17-22)8-9-32(20)21-4-5-25(28-12-21)29-24-10-18(13-30(2)26(24)34)23-6-7-27-11-19(23)15-33/h4-7,10-13,15,20,22H,3,8-9,14,16-17H2,1-2H3,(H,28,29)/t20-/m0/s1. The second-order valence-electron chi connectivity index (χ2n) is 9.11. The molecule has 35 heavy (non-hydrogen) atoms. The fourth-order valence-corrected chi connectivity index (χ4v) is 4.81. The van der Waals surface area contributed by atoms with E-state index in [9.17, 15) is 9.59 Å². The molecule has 182 valence electrons. The molecule has 0 amide bonds. The summed E-state index contributed by atoms with van der Waals surface area (Å²) in [5, 5.41) is 3.16. The number of carbonyl (C=O) groups is 1. The van der Waals surface area contributed by atoms with Crippen LogP contribution in [0.3, 0.4) is 0 Å². The summed E-state index contributed by atoms with van der Waals surface area (Å²) in [5.74, 6) is 0.589. The number of ether oxygens (including phenoxy) is 1. The van der Waals surface area contributed by atoms with E-state index in [-0.39, 0.29) is 5.56 Å². The van der Waals surface area contributed by atoms with Gasteiger partial charge in [-0.1, -0.05) is 6.92 Å². The lowest BCUT2D eigenvalue weighted by Crippen LogP contribution is -2.60. The Hall–Kier alpha value is -3.56. The highest BCUT2D eigenvalue weighted by atomic mass is 16.5. The Balaban J connectivity index is 1.34. The second kappa shape index (κ2) is 9.97. The molecule has 0 bridgehead atoms. The van der Waals surface area contributed by atoms with E-state index in [0.717, 1.165) is 62.4 Å². The van der Waals surface area contributed by atoms with Crippen LogP contribution >= 0.6 is 0 Å². The number of aldehydes is 1. The van der Waals surface area contributed by atoms with Crippen LogP contribution in [0.1, 0.15) is 23.7 Å². The number of aryl methyl sites for hydroxylation is 1. The Kier molecular flexibility index (Phi) is 6.61. The summed E-state index contributed by atoms with van der Waals surface area (Å²) in [6.45, 7) is 6.92. The van der Waals surface area contributed by atoms with Crippen LogP contribution in [-0.4, -0.2) is 70.7 Å². The van der Waals surface area contributed by atoms with Gasteiger partial charge in [0.05, 0.1) is 31.1 Å². The number of hydrogen-bond acceptors (Lipinski definition) is 8. The highest BCUT2D eigenvalue weighted by Gasteiger charge is 2.33. The van der Waals surface area contributed by atoms with Gasteiger partial charge in [-0.25, -0.2) is 4.98 Å². The van der Waals surface area contributed by atoms with Crippen molar-refractivity contribution >= 4 is 23.5 Å². The number of piperazine rings is 1. The van der Waals surface area contributed by atoms with Gasteiger partial charge in [-0.3, -0.25) is 19.5 Å². The van der Waals surface area contributed by atoms with E-state index >= 15 is 0 Å². The SMILES string of the molecule is CC[C@H]1CN(C2COC2)CCN1c1ccc(Nc2cc(-c3ccncc3C=O)cn(C)c2=O)nc1. The molecule has 0 saturated carbocycles. The van der Waals surface area contributed by atoms with Crippen LogP contribution in [0.25, 0.3) is 11.1 Å².